The van der Waals surface area contributed by atoms with Crippen LogP contribution in [0, 0.1) is 0 Å². The Morgan fingerprint density at radius 2 is 1.44 bits per heavy atom. The van der Waals surface area contributed by atoms with E-state index in [1.54, 1.807) is 0 Å². The minimum atomic E-state index is -6.54. The van der Waals surface area contributed by atoms with E-state index in [4.69, 9.17) is 4.55 Å². The molecule has 1 atom stereocenters. The molecule has 0 aliphatic rings. The fraction of sp³-hybridized carbons (Fsp3) is 1.00. The van der Waals surface area contributed by atoms with Crippen LogP contribution in [-0.2, 0) is 24.4 Å². The van der Waals surface area contributed by atoms with Crippen LogP contribution in [0.15, 0.2) is 0 Å². The molecule has 0 aromatic heterocycles. The third kappa shape index (κ3) is 3.80. The van der Waals surface area contributed by atoms with E-state index in [1.807, 2.05) is 0 Å². The summed E-state index contributed by atoms with van der Waals surface area (Å²) in [6.07, 6.45) is -4.17. The maximum absolute atomic E-state index is 11.8. The normalized spacial score (nSPS) is 16.4. The van der Waals surface area contributed by atoms with Gasteiger partial charge >= 0.3 is 15.6 Å². The van der Waals surface area contributed by atoms with E-state index in [0.717, 1.165) is 0 Å². The highest BCUT2D eigenvalue weighted by atomic mass is 32.2. The summed E-state index contributed by atoms with van der Waals surface area (Å²) in [6, 6.07) is 0. The van der Waals surface area contributed by atoms with Gasteiger partial charge in [-0.3, -0.25) is 4.55 Å². The van der Waals surface area contributed by atoms with Crippen LogP contribution in [0.2, 0.25) is 0 Å². The Balaban J connectivity index is 5.25. The zero-order chi connectivity index (χ0) is 13.4. The first-order valence-electron chi connectivity index (χ1n) is 3.03. The lowest BCUT2D eigenvalue weighted by Gasteiger charge is -2.14. The van der Waals surface area contributed by atoms with Gasteiger partial charge in [-0.1, -0.05) is 0 Å². The average molecular weight is 294 g/mol. The highest BCUT2D eigenvalue weighted by Gasteiger charge is 2.52. The van der Waals surface area contributed by atoms with Crippen LogP contribution in [-0.4, -0.2) is 38.8 Å². The van der Waals surface area contributed by atoms with Crippen molar-refractivity contribution in [3.8, 4) is 0 Å². The minimum absolute atomic E-state index is 2.69. The fourth-order valence-electron chi connectivity index (χ4n) is 0.401. The van der Waals surface area contributed by atoms with Crippen molar-refractivity contribution in [2.75, 3.05) is 0 Å². The van der Waals surface area contributed by atoms with Crippen LogP contribution in [0.4, 0.5) is 22.0 Å². The molecule has 0 aliphatic heterocycles. The van der Waals surface area contributed by atoms with Gasteiger partial charge in [0.25, 0.3) is 22.0 Å². The molecule has 0 aromatic rings. The standard InChI is InChI=1S/C3H3F5O6S2/c4-1(5)2(15(9,10)11)14-16(12,13)3(6,7)8/h1-2H,(H,9,10,11). The summed E-state index contributed by atoms with van der Waals surface area (Å²) in [6.45, 7) is 0. The van der Waals surface area contributed by atoms with Gasteiger partial charge in [-0.05, 0) is 0 Å². The first-order valence-corrected chi connectivity index (χ1v) is 5.94. The lowest BCUT2D eigenvalue weighted by atomic mass is 10.8. The molecule has 0 amide bonds. The molecule has 6 nitrogen and oxygen atoms in total. The molecule has 16 heavy (non-hydrogen) atoms. The Morgan fingerprint density at radius 3 is 1.62 bits per heavy atom. The smallest absolute Gasteiger partial charge is 0.283 e. The molecule has 1 N–H and O–H groups in total. The summed E-state index contributed by atoms with van der Waals surface area (Å²) in [7, 11) is -12.4. The lowest BCUT2D eigenvalue weighted by molar-refractivity contribution is -0.0600. The summed E-state index contributed by atoms with van der Waals surface area (Å²) < 4.78 is 110. The quantitative estimate of drug-likeness (QED) is 0.347. The van der Waals surface area contributed by atoms with Crippen molar-refractivity contribution in [1.82, 2.24) is 0 Å². The SMILES string of the molecule is O=S(=O)(O)C(OS(=O)(=O)C(F)(F)F)C(F)F. The van der Waals surface area contributed by atoms with Crippen molar-refractivity contribution in [2.24, 2.45) is 0 Å². The van der Waals surface area contributed by atoms with E-state index in [2.05, 4.69) is 4.18 Å². The molecule has 0 aliphatic carbocycles. The minimum Gasteiger partial charge on any atom is -0.283 e. The van der Waals surface area contributed by atoms with Gasteiger partial charge in [-0.15, -0.1) is 0 Å². The second-order valence-electron chi connectivity index (χ2n) is 2.21. The van der Waals surface area contributed by atoms with Crippen molar-refractivity contribution >= 4 is 20.2 Å². The Labute approximate surface area is 85.9 Å². The third-order valence-corrected chi connectivity index (χ3v) is 3.04. The van der Waals surface area contributed by atoms with Crippen molar-refractivity contribution in [2.45, 2.75) is 17.4 Å². The van der Waals surface area contributed by atoms with E-state index >= 15 is 0 Å². The third-order valence-electron chi connectivity index (χ3n) is 1.00. The molecule has 0 spiro atoms. The van der Waals surface area contributed by atoms with Gasteiger partial charge < -0.3 is 0 Å². The van der Waals surface area contributed by atoms with Crippen molar-refractivity contribution in [3.63, 3.8) is 0 Å². The molecule has 0 radical (unpaired) electrons. The number of rotatable bonds is 4. The monoisotopic (exact) mass is 294 g/mol. The van der Waals surface area contributed by atoms with Crippen molar-refractivity contribution < 1.29 is 47.5 Å². The number of alkyl halides is 5. The van der Waals surface area contributed by atoms with Gasteiger partial charge in [0.15, 0.2) is 0 Å². The molecule has 0 saturated carbocycles. The maximum Gasteiger partial charge on any atom is 0.523 e. The van der Waals surface area contributed by atoms with Crippen LogP contribution in [0.1, 0.15) is 0 Å². The van der Waals surface area contributed by atoms with E-state index in [9.17, 15) is 38.8 Å². The van der Waals surface area contributed by atoms with Crippen LogP contribution < -0.4 is 0 Å². The molecule has 0 aromatic carbocycles. The Kier molecular flexibility index (Phi) is 4.24. The van der Waals surface area contributed by atoms with Gasteiger partial charge in [-0.2, -0.15) is 30.0 Å². The van der Waals surface area contributed by atoms with Gasteiger partial charge in [0, 0.05) is 0 Å². The largest absolute Gasteiger partial charge is 0.523 e. The summed E-state index contributed by atoms with van der Waals surface area (Å²) in [4.78, 5) is 0. The second-order valence-corrected chi connectivity index (χ2v) is 5.27. The van der Waals surface area contributed by atoms with Crippen LogP contribution in [0.25, 0.3) is 0 Å². The fourth-order valence-corrected chi connectivity index (χ4v) is 1.81. The van der Waals surface area contributed by atoms with Gasteiger partial charge in [-0.25, -0.2) is 13.0 Å². The highest BCUT2D eigenvalue weighted by molar-refractivity contribution is 7.90. The summed E-state index contributed by atoms with van der Waals surface area (Å²) in [5.74, 6) is 0. The summed E-state index contributed by atoms with van der Waals surface area (Å²) in [5, 5.41) is 0. The van der Waals surface area contributed by atoms with Gasteiger partial charge in [0.1, 0.15) is 0 Å². The van der Waals surface area contributed by atoms with Crippen LogP contribution in [0.3, 0.4) is 0 Å². The van der Waals surface area contributed by atoms with Crippen LogP contribution >= 0.6 is 0 Å². The first-order chi connectivity index (χ1) is 6.79. The predicted octanol–water partition coefficient (Wildman–Crippen LogP) is 0.332. The van der Waals surface area contributed by atoms with Crippen molar-refractivity contribution in [1.29, 1.82) is 0 Å². The second kappa shape index (κ2) is 4.38. The van der Waals surface area contributed by atoms with Crippen LogP contribution in [0.5, 0.6) is 0 Å². The lowest BCUT2D eigenvalue weighted by Crippen LogP contribution is -2.38. The Bertz CT molecular complexity index is 433. The van der Waals surface area contributed by atoms with Crippen molar-refractivity contribution in [3.05, 3.63) is 0 Å². The Hall–Kier alpha value is -0.530. The molecular weight excluding hydrogens is 291 g/mol. The molecule has 0 bridgehead atoms. The summed E-state index contributed by atoms with van der Waals surface area (Å²) >= 11 is 0. The van der Waals surface area contributed by atoms with E-state index in [-0.39, 0.29) is 0 Å². The van der Waals surface area contributed by atoms with E-state index in [0.29, 0.717) is 0 Å². The molecule has 98 valence electrons. The topological polar surface area (TPSA) is 97.7 Å². The molecule has 1 unspecified atom stereocenters. The van der Waals surface area contributed by atoms with E-state index < -0.39 is 37.6 Å². The first kappa shape index (κ1) is 15.5. The van der Waals surface area contributed by atoms with Gasteiger partial charge in [0.05, 0.1) is 0 Å². The zero-order valence-electron chi connectivity index (χ0n) is 6.85. The van der Waals surface area contributed by atoms with E-state index in [1.165, 1.54) is 0 Å². The maximum atomic E-state index is 11.8. The Morgan fingerprint density at radius 1 is 1.06 bits per heavy atom. The average Bonchev–Trinajstić information content (AvgIpc) is 1.95. The molecule has 0 fully saturated rings. The molecule has 0 saturated heterocycles. The molecular formula is C3H3F5O6S2. The molecule has 13 heteroatoms. The zero-order valence-corrected chi connectivity index (χ0v) is 8.48. The number of hydrogen-bond acceptors (Lipinski definition) is 5. The molecule has 0 rings (SSSR count). The highest BCUT2D eigenvalue weighted by Crippen LogP contribution is 2.28. The molecule has 0 heterocycles. The number of halogens is 5. The number of hydrogen-bond donors (Lipinski definition) is 1. The van der Waals surface area contributed by atoms with Gasteiger partial charge in [0.2, 0.25) is 0 Å². The predicted molar refractivity (Wildman–Crippen MR) is 37.4 cm³/mol. The summed E-state index contributed by atoms with van der Waals surface area (Å²) in [5.41, 5.74) is -9.90.